The van der Waals surface area contributed by atoms with Crippen molar-refractivity contribution < 1.29 is 14.3 Å². The van der Waals surface area contributed by atoms with Crippen LogP contribution in [0.4, 0.5) is 0 Å². The van der Waals surface area contributed by atoms with E-state index in [1.807, 2.05) is 37.8 Å². The first-order valence-corrected chi connectivity index (χ1v) is 12.8. The van der Waals surface area contributed by atoms with Crippen molar-refractivity contribution >= 4 is 11.9 Å². The topological polar surface area (TPSA) is 89.7 Å². The summed E-state index contributed by atoms with van der Waals surface area (Å²) in [4.78, 5) is 41.4. The number of aromatic nitrogens is 3. The van der Waals surface area contributed by atoms with Crippen LogP contribution in [0.15, 0.2) is 35.4 Å². The van der Waals surface area contributed by atoms with E-state index in [1.165, 1.54) is 10.2 Å². The zero-order chi connectivity index (χ0) is 24.9. The second-order valence-electron chi connectivity index (χ2n) is 9.87. The average Bonchev–Trinajstić information content (AvgIpc) is 3.26. The number of nitrogens with zero attached hydrogens (tertiary/aromatic N) is 5. The summed E-state index contributed by atoms with van der Waals surface area (Å²) < 4.78 is 8.18. The number of hydrogen-bond acceptors (Lipinski definition) is 6. The van der Waals surface area contributed by atoms with E-state index in [0.717, 1.165) is 31.6 Å². The summed E-state index contributed by atoms with van der Waals surface area (Å²) in [5, 5.41) is 4.20. The normalized spacial score (nSPS) is 18.2. The molecule has 0 bridgehead atoms. The zero-order valence-corrected chi connectivity index (χ0v) is 21.1. The molecule has 0 aliphatic carbocycles. The van der Waals surface area contributed by atoms with E-state index >= 15 is 0 Å². The molecule has 1 amide bonds. The monoisotopic (exact) mass is 483 g/mol. The SMILES string of the molecule is CCOC(=O)C1CCN(C(=O)CN2CCC(c3ccc(-n4cnn(C(C)C)c4=O)cc3)CC2)CC1. The van der Waals surface area contributed by atoms with Gasteiger partial charge in [0.05, 0.1) is 30.8 Å². The van der Waals surface area contributed by atoms with Gasteiger partial charge in [-0.2, -0.15) is 5.10 Å². The fourth-order valence-corrected chi connectivity index (χ4v) is 5.10. The molecular formula is C26H37N5O4. The molecule has 3 heterocycles. The maximum atomic E-state index is 12.8. The molecule has 0 saturated carbocycles. The number of piperidine rings is 2. The van der Waals surface area contributed by atoms with Gasteiger partial charge >= 0.3 is 11.7 Å². The van der Waals surface area contributed by atoms with Gasteiger partial charge in [0.15, 0.2) is 0 Å². The predicted octanol–water partition coefficient (Wildman–Crippen LogP) is 2.60. The van der Waals surface area contributed by atoms with Crippen LogP contribution in [0.1, 0.15) is 64.0 Å². The van der Waals surface area contributed by atoms with E-state index in [9.17, 15) is 14.4 Å². The van der Waals surface area contributed by atoms with E-state index in [2.05, 4.69) is 22.1 Å². The number of ether oxygens (including phenoxy) is 1. The highest BCUT2D eigenvalue weighted by molar-refractivity contribution is 5.79. The molecule has 190 valence electrons. The van der Waals surface area contributed by atoms with Crippen molar-refractivity contribution in [3.05, 3.63) is 46.6 Å². The molecule has 2 aromatic rings. The summed E-state index contributed by atoms with van der Waals surface area (Å²) in [5.74, 6) is 0.395. The first-order chi connectivity index (χ1) is 16.9. The van der Waals surface area contributed by atoms with Crippen LogP contribution in [-0.4, -0.2) is 75.4 Å². The molecule has 2 saturated heterocycles. The van der Waals surface area contributed by atoms with E-state index in [4.69, 9.17) is 4.74 Å². The molecule has 2 fully saturated rings. The first kappa shape index (κ1) is 25.2. The van der Waals surface area contributed by atoms with Crippen LogP contribution in [0, 0.1) is 5.92 Å². The summed E-state index contributed by atoms with van der Waals surface area (Å²) >= 11 is 0. The van der Waals surface area contributed by atoms with E-state index in [1.54, 1.807) is 10.9 Å². The summed E-state index contributed by atoms with van der Waals surface area (Å²) in [5.41, 5.74) is 1.96. The Labute approximate surface area is 206 Å². The maximum absolute atomic E-state index is 12.8. The molecule has 35 heavy (non-hydrogen) atoms. The summed E-state index contributed by atoms with van der Waals surface area (Å²) in [7, 11) is 0. The van der Waals surface area contributed by atoms with Gasteiger partial charge in [-0.25, -0.2) is 14.0 Å². The number of hydrogen-bond donors (Lipinski definition) is 0. The largest absolute Gasteiger partial charge is 0.466 e. The van der Waals surface area contributed by atoms with Gasteiger partial charge < -0.3 is 9.64 Å². The molecule has 0 atom stereocenters. The number of carbonyl (C=O) groups is 2. The smallest absolute Gasteiger partial charge is 0.350 e. The van der Waals surface area contributed by atoms with E-state index in [0.29, 0.717) is 45.0 Å². The lowest BCUT2D eigenvalue weighted by molar-refractivity contribution is -0.151. The molecule has 0 radical (unpaired) electrons. The second-order valence-corrected chi connectivity index (χ2v) is 9.87. The number of esters is 1. The number of amides is 1. The fourth-order valence-electron chi connectivity index (χ4n) is 5.10. The quantitative estimate of drug-likeness (QED) is 0.563. The van der Waals surface area contributed by atoms with Crippen molar-refractivity contribution in [2.24, 2.45) is 5.92 Å². The van der Waals surface area contributed by atoms with Crippen molar-refractivity contribution in [3.63, 3.8) is 0 Å². The summed E-state index contributed by atoms with van der Waals surface area (Å²) in [6, 6.07) is 8.20. The highest BCUT2D eigenvalue weighted by atomic mass is 16.5. The molecule has 2 aliphatic rings. The van der Waals surface area contributed by atoms with Crippen LogP contribution in [0.25, 0.3) is 5.69 Å². The fraction of sp³-hybridized carbons (Fsp3) is 0.615. The van der Waals surface area contributed by atoms with Crippen molar-refractivity contribution in [2.45, 2.75) is 58.4 Å². The van der Waals surface area contributed by atoms with Gasteiger partial charge in [-0.15, -0.1) is 0 Å². The Hall–Kier alpha value is -2.94. The van der Waals surface area contributed by atoms with Gasteiger partial charge in [-0.3, -0.25) is 14.5 Å². The third-order valence-corrected chi connectivity index (χ3v) is 7.24. The van der Waals surface area contributed by atoms with Gasteiger partial charge in [0.1, 0.15) is 6.33 Å². The third-order valence-electron chi connectivity index (χ3n) is 7.24. The highest BCUT2D eigenvalue weighted by Gasteiger charge is 2.29. The van der Waals surface area contributed by atoms with Crippen molar-refractivity contribution in [2.75, 3.05) is 39.3 Å². The van der Waals surface area contributed by atoms with Crippen LogP contribution >= 0.6 is 0 Å². The summed E-state index contributed by atoms with van der Waals surface area (Å²) in [6.45, 7) is 9.58. The molecular weight excluding hydrogens is 446 g/mol. The Morgan fingerprint density at radius 2 is 1.69 bits per heavy atom. The van der Waals surface area contributed by atoms with Crippen LogP contribution in [0.2, 0.25) is 0 Å². The van der Waals surface area contributed by atoms with Gasteiger partial charge in [-0.05, 0) is 83.2 Å². The Kier molecular flexibility index (Phi) is 8.05. The van der Waals surface area contributed by atoms with Gasteiger partial charge in [0, 0.05) is 13.1 Å². The predicted molar refractivity (Wildman–Crippen MR) is 133 cm³/mol. The molecule has 4 rings (SSSR count). The number of benzene rings is 1. The van der Waals surface area contributed by atoms with E-state index in [-0.39, 0.29) is 29.5 Å². The molecule has 2 aliphatic heterocycles. The number of rotatable bonds is 7. The van der Waals surface area contributed by atoms with Gasteiger partial charge in [0.25, 0.3) is 0 Å². The minimum atomic E-state index is -0.132. The van der Waals surface area contributed by atoms with Crippen LogP contribution in [0.5, 0.6) is 0 Å². The highest BCUT2D eigenvalue weighted by Crippen LogP contribution is 2.29. The zero-order valence-electron chi connectivity index (χ0n) is 21.1. The molecule has 1 aromatic heterocycles. The van der Waals surface area contributed by atoms with E-state index < -0.39 is 0 Å². The van der Waals surface area contributed by atoms with Gasteiger partial charge in [0.2, 0.25) is 5.91 Å². The molecule has 0 unspecified atom stereocenters. The molecule has 9 nitrogen and oxygen atoms in total. The molecule has 0 N–H and O–H groups in total. The lowest BCUT2D eigenvalue weighted by atomic mass is 9.89. The Morgan fingerprint density at radius 3 is 2.26 bits per heavy atom. The van der Waals surface area contributed by atoms with Gasteiger partial charge in [-0.1, -0.05) is 12.1 Å². The Balaban J connectivity index is 1.25. The second kappa shape index (κ2) is 11.2. The van der Waals surface area contributed by atoms with Crippen LogP contribution < -0.4 is 5.69 Å². The minimum Gasteiger partial charge on any atom is -0.466 e. The van der Waals surface area contributed by atoms with Crippen molar-refractivity contribution in [1.82, 2.24) is 24.1 Å². The maximum Gasteiger partial charge on any atom is 0.350 e. The molecule has 0 spiro atoms. The lowest BCUT2D eigenvalue weighted by Gasteiger charge is -2.35. The van der Waals surface area contributed by atoms with Crippen molar-refractivity contribution in [3.8, 4) is 5.69 Å². The molecule has 9 heteroatoms. The summed E-state index contributed by atoms with van der Waals surface area (Å²) in [6.07, 6.45) is 4.96. The lowest BCUT2D eigenvalue weighted by Crippen LogP contribution is -2.46. The van der Waals surface area contributed by atoms with Crippen LogP contribution in [0.3, 0.4) is 0 Å². The standard InChI is InChI=1S/C26H37N5O4/c1-4-35-25(33)22-11-15-29(16-12-22)24(32)17-28-13-9-21(10-14-28)20-5-7-23(8-6-20)30-18-27-31(19(2)3)26(30)34/h5-8,18-19,21-22H,4,9-17H2,1-3H3. The first-order valence-electron chi connectivity index (χ1n) is 12.8. The number of likely N-dealkylation sites (tertiary alicyclic amines) is 2. The Bertz CT molecular complexity index is 1060. The minimum absolute atomic E-state index is 0.0246. The molecule has 1 aromatic carbocycles. The number of carbonyl (C=O) groups excluding carboxylic acids is 2. The average molecular weight is 484 g/mol. The van der Waals surface area contributed by atoms with Crippen LogP contribution in [-0.2, 0) is 14.3 Å². The van der Waals surface area contributed by atoms with Crippen molar-refractivity contribution in [1.29, 1.82) is 0 Å². The Morgan fingerprint density at radius 1 is 1.03 bits per heavy atom. The third kappa shape index (κ3) is 5.83.